The summed E-state index contributed by atoms with van der Waals surface area (Å²) in [6.45, 7) is 7.37. The Labute approximate surface area is 116 Å². The third kappa shape index (κ3) is 4.03. The molecular weight excluding hydrogens is 236 g/mol. The van der Waals surface area contributed by atoms with Gasteiger partial charge >= 0.3 is 0 Å². The zero-order chi connectivity index (χ0) is 13.5. The molecular formula is C16H26N2O. The lowest BCUT2D eigenvalue weighted by molar-refractivity contribution is 0.0162. The van der Waals surface area contributed by atoms with Crippen LogP contribution in [0.4, 0.5) is 0 Å². The van der Waals surface area contributed by atoms with E-state index in [1.54, 1.807) is 0 Å². The second-order valence-electron chi connectivity index (χ2n) is 5.21. The number of rotatable bonds is 7. The molecule has 1 atom stereocenters. The fraction of sp³-hybridized carbons (Fsp3) is 0.625. The molecule has 0 radical (unpaired) electrons. The number of benzene rings is 1. The van der Waals surface area contributed by atoms with Gasteiger partial charge in [-0.15, -0.1) is 0 Å². The highest BCUT2D eigenvalue weighted by atomic mass is 16.5. The summed E-state index contributed by atoms with van der Waals surface area (Å²) in [6, 6.07) is 8.72. The first-order valence-corrected chi connectivity index (χ1v) is 7.41. The molecule has 0 saturated heterocycles. The summed E-state index contributed by atoms with van der Waals surface area (Å²) in [7, 11) is 2.01. The average molecular weight is 262 g/mol. The highest BCUT2D eigenvalue weighted by Gasteiger charge is 2.22. The third-order valence-corrected chi connectivity index (χ3v) is 3.73. The van der Waals surface area contributed by atoms with Crippen molar-refractivity contribution in [1.29, 1.82) is 0 Å². The van der Waals surface area contributed by atoms with Gasteiger partial charge in [-0.25, -0.2) is 0 Å². The van der Waals surface area contributed by atoms with Gasteiger partial charge in [0, 0.05) is 19.6 Å². The second-order valence-corrected chi connectivity index (χ2v) is 5.21. The summed E-state index contributed by atoms with van der Waals surface area (Å²) < 4.78 is 6.00. The normalized spacial score (nSPS) is 18.6. The number of hydrogen-bond donors (Lipinski definition) is 1. The first-order chi connectivity index (χ1) is 9.35. The van der Waals surface area contributed by atoms with Gasteiger partial charge in [-0.2, -0.15) is 0 Å². The molecule has 0 aromatic heterocycles. The van der Waals surface area contributed by atoms with Crippen molar-refractivity contribution in [2.75, 3.05) is 39.8 Å². The first kappa shape index (κ1) is 14.5. The Morgan fingerprint density at radius 2 is 2.16 bits per heavy atom. The van der Waals surface area contributed by atoms with Crippen molar-refractivity contribution in [1.82, 2.24) is 10.2 Å². The van der Waals surface area contributed by atoms with Gasteiger partial charge in [0.2, 0.25) is 0 Å². The van der Waals surface area contributed by atoms with E-state index in [4.69, 9.17) is 4.74 Å². The highest BCUT2D eigenvalue weighted by Crippen LogP contribution is 2.27. The minimum Gasteiger partial charge on any atom is -0.372 e. The zero-order valence-corrected chi connectivity index (χ0v) is 12.2. The van der Waals surface area contributed by atoms with Crippen molar-refractivity contribution in [3.05, 3.63) is 35.4 Å². The maximum absolute atomic E-state index is 6.00. The lowest BCUT2D eigenvalue weighted by Crippen LogP contribution is -2.36. The topological polar surface area (TPSA) is 24.5 Å². The minimum absolute atomic E-state index is 0.244. The minimum atomic E-state index is 0.244. The lowest BCUT2D eigenvalue weighted by atomic mass is 9.97. The predicted octanol–water partition coefficient (Wildman–Crippen LogP) is 2.23. The summed E-state index contributed by atoms with van der Waals surface area (Å²) in [6.07, 6.45) is 2.49. The van der Waals surface area contributed by atoms with E-state index in [9.17, 15) is 0 Å². The Balaban J connectivity index is 2.01. The molecule has 1 aromatic rings. The molecule has 1 heterocycles. The second kappa shape index (κ2) is 7.63. The average Bonchev–Trinajstić information content (AvgIpc) is 2.45. The number of nitrogens with one attached hydrogen (secondary N) is 1. The van der Waals surface area contributed by atoms with Gasteiger partial charge in [0.05, 0.1) is 12.7 Å². The number of nitrogens with zero attached hydrogens (tertiary/aromatic N) is 1. The van der Waals surface area contributed by atoms with Gasteiger partial charge in [-0.3, -0.25) is 4.90 Å². The Morgan fingerprint density at radius 3 is 2.95 bits per heavy atom. The van der Waals surface area contributed by atoms with Gasteiger partial charge < -0.3 is 10.1 Å². The van der Waals surface area contributed by atoms with Gasteiger partial charge in [0.25, 0.3) is 0 Å². The Morgan fingerprint density at radius 1 is 1.32 bits per heavy atom. The molecule has 0 aliphatic carbocycles. The van der Waals surface area contributed by atoms with E-state index in [0.29, 0.717) is 0 Å². The molecule has 0 saturated carbocycles. The molecule has 1 aliphatic heterocycles. The SMILES string of the molecule is CCCN(CCNC)CC1OCCc2ccccc21. The summed E-state index contributed by atoms with van der Waals surface area (Å²) in [5, 5.41) is 3.23. The molecule has 1 aromatic carbocycles. The Kier molecular flexibility index (Phi) is 5.83. The van der Waals surface area contributed by atoms with Crippen LogP contribution in [0.25, 0.3) is 0 Å². The molecule has 0 amide bonds. The predicted molar refractivity (Wildman–Crippen MR) is 79.5 cm³/mol. The van der Waals surface area contributed by atoms with E-state index in [1.807, 2.05) is 7.05 Å². The van der Waals surface area contributed by atoms with E-state index in [1.165, 1.54) is 17.5 Å². The number of hydrogen-bond acceptors (Lipinski definition) is 3. The van der Waals surface area contributed by atoms with E-state index < -0.39 is 0 Å². The van der Waals surface area contributed by atoms with Crippen molar-refractivity contribution in [3.8, 4) is 0 Å². The summed E-state index contributed by atoms with van der Waals surface area (Å²) >= 11 is 0. The highest BCUT2D eigenvalue weighted by molar-refractivity contribution is 5.31. The number of likely N-dealkylation sites (N-methyl/N-ethyl adjacent to an activating group) is 1. The number of fused-ring (bicyclic) bond motifs is 1. The molecule has 1 unspecified atom stereocenters. The van der Waals surface area contributed by atoms with E-state index in [2.05, 4.69) is 41.4 Å². The molecule has 0 bridgehead atoms. The van der Waals surface area contributed by atoms with Crippen molar-refractivity contribution in [3.63, 3.8) is 0 Å². The van der Waals surface area contributed by atoms with Crippen LogP contribution < -0.4 is 5.32 Å². The van der Waals surface area contributed by atoms with Crippen molar-refractivity contribution in [2.24, 2.45) is 0 Å². The van der Waals surface area contributed by atoms with Crippen LogP contribution in [0.2, 0.25) is 0 Å². The van der Waals surface area contributed by atoms with Gasteiger partial charge in [0.1, 0.15) is 0 Å². The van der Waals surface area contributed by atoms with Gasteiger partial charge in [0.15, 0.2) is 0 Å². The Bertz CT molecular complexity index is 381. The number of ether oxygens (including phenoxy) is 1. The van der Waals surface area contributed by atoms with Crippen LogP contribution in [0.1, 0.15) is 30.6 Å². The quantitative estimate of drug-likeness (QED) is 0.815. The molecule has 19 heavy (non-hydrogen) atoms. The molecule has 106 valence electrons. The van der Waals surface area contributed by atoms with E-state index >= 15 is 0 Å². The van der Waals surface area contributed by atoms with Crippen LogP contribution in [0.3, 0.4) is 0 Å². The fourth-order valence-corrected chi connectivity index (χ4v) is 2.74. The van der Waals surface area contributed by atoms with Crippen LogP contribution in [0.5, 0.6) is 0 Å². The fourth-order valence-electron chi connectivity index (χ4n) is 2.74. The molecule has 3 heteroatoms. The molecule has 3 nitrogen and oxygen atoms in total. The summed E-state index contributed by atoms with van der Waals surface area (Å²) in [5.41, 5.74) is 2.85. The van der Waals surface area contributed by atoms with Crippen LogP contribution in [0, 0.1) is 0 Å². The third-order valence-electron chi connectivity index (χ3n) is 3.73. The summed E-state index contributed by atoms with van der Waals surface area (Å²) in [4.78, 5) is 2.50. The zero-order valence-electron chi connectivity index (χ0n) is 12.2. The van der Waals surface area contributed by atoms with Crippen LogP contribution in [-0.2, 0) is 11.2 Å². The smallest absolute Gasteiger partial charge is 0.0954 e. The van der Waals surface area contributed by atoms with Crippen molar-refractivity contribution >= 4 is 0 Å². The van der Waals surface area contributed by atoms with Crippen molar-refractivity contribution in [2.45, 2.75) is 25.9 Å². The maximum atomic E-state index is 6.00. The van der Waals surface area contributed by atoms with Crippen LogP contribution in [0.15, 0.2) is 24.3 Å². The molecule has 2 rings (SSSR count). The molecule has 1 aliphatic rings. The standard InChI is InChI=1S/C16H26N2O/c1-3-10-18(11-9-17-2)13-16-15-7-5-4-6-14(15)8-12-19-16/h4-7,16-17H,3,8-13H2,1-2H3. The van der Waals surface area contributed by atoms with Crippen molar-refractivity contribution < 1.29 is 4.74 Å². The lowest BCUT2D eigenvalue weighted by Gasteiger charge is -2.31. The van der Waals surface area contributed by atoms with Gasteiger partial charge in [-0.1, -0.05) is 31.2 Å². The summed E-state index contributed by atoms with van der Waals surface area (Å²) in [5.74, 6) is 0. The van der Waals surface area contributed by atoms with E-state index in [-0.39, 0.29) is 6.10 Å². The van der Waals surface area contributed by atoms with Crippen LogP contribution >= 0.6 is 0 Å². The van der Waals surface area contributed by atoms with Crippen LogP contribution in [-0.4, -0.2) is 44.7 Å². The molecule has 0 fully saturated rings. The first-order valence-electron chi connectivity index (χ1n) is 7.41. The Hall–Kier alpha value is -0.900. The molecule has 0 spiro atoms. The van der Waals surface area contributed by atoms with Gasteiger partial charge in [-0.05, 0) is 37.6 Å². The maximum Gasteiger partial charge on any atom is 0.0954 e. The monoisotopic (exact) mass is 262 g/mol. The largest absolute Gasteiger partial charge is 0.372 e. The molecule has 1 N–H and O–H groups in total. The van der Waals surface area contributed by atoms with E-state index in [0.717, 1.165) is 39.2 Å².